The first-order valence-corrected chi connectivity index (χ1v) is 24.4. The number of carbonyl (C=O) groups excluding carboxylic acids is 1. The maximum atomic E-state index is 12.7. The molecule has 0 aromatic rings. The molecule has 2 unspecified atom stereocenters. The molecule has 0 aliphatic heterocycles. The SMILES string of the molecule is CC/C=C\C/C=C\C/C=C\C/C=C\C/C=C\C/C=C\CCCOCC(COP(=O)([O-])OCC[N+](C)(C)C)OC(=O)CCCCC/C=C\C/C=C\C/C=C\C/C=C\C/C=C\CC. The van der Waals surface area contributed by atoms with Crippen LogP contribution in [0.4, 0.5) is 0 Å². The highest BCUT2D eigenvalue weighted by molar-refractivity contribution is 7.45. The van der Waals surface area contributed by atoms with Crippen LogP contribution in [0.5, 0.6) is 0 Å². The van der Waals surface area contributed by atoms with E-state index in [1.807, 2.05) is 21.1 Å². The Balaban J connectivity index is 4.44. The van der Waals surface area contributed by atoms with Gasteiger partial charge in [0.05, 0.1) is 34.4 Å². The molecule has 0 aromatic heterocycles. The summed E-state index contributed by atoms with van der Waals surface area (Å²) in [6.07, 6.45) is 63.4. The van der Waals surface area contributed by atoms with Gasteiger partial charge in [-0.3, -0.25) is 9.36 Å². The van der Waals surface area contributed by atoms with Gasteiger partial charge in [-0.1, -0.05) is 154 Å². The lowest BCUT2D eigenvalue weighted by atomic mass is 10.1. The van der Waals surface area contributed by atoms with E-state index in [1.54, 1.807) is 0 Å². The summed E-state index contributed by atoms with van der Waals surface area (Å²) < 4.78 is 34.5. The van der Waals surface area contributed by atoms with Crippen LogP contribution in [0.25, 0.3) is 0 Å². The van der Waals surface area contributed by atoms with Crippen LogP contribution in [0.1, 0.15) is 129 Å². The molecule has 9 heteroatoms. The summed E-state index contributed by atoms with van der Waals surface area (Å²) in [7, 11) is 1.27. The molecule has 0 aliphatic rings. The molecule has 0 amide bonds. The van der Waals surface area contributed by atoms with Gasteiger partial charge in [-0.2, -0.15) is 0 Å². The van der Waals surface area contributed by atoms with E-state index in [1.165, 1.54) is 0 Å². The van der Waals surface area contributed by atoms with Crippen LogP contribution >= 0.6 is 7.82 Å². The van der Waals surface area contributed by atoms with Crippen molar-refractivity contribution in [2.45, 2.75) is 136 Å². The van der Waals surface area contributed by atoms with Gasteiger partial charge in [0.15, 0.2) is 0 Å². The Labute approximate surface area is 373 Å². The molecule has 0 saturated heterocycles. The second-order valence-electron chi connectivity index (χ2n) is 15.6. The lowest BCUT2D eigenvalue weighted by molar-refractivity contribution is -0.870. The number of phosphoric acid groups is 1. The van der Waals surface area contributed by atoms with Gasteiger partial charge >= 0.3 is 5.97 Å². The third-order valence-corrected chi connectivity index (χ3v) is 9.66. The molecule has 0 aliphatic carbocycles. The molecule has 0 fully saturated rings. The average Bonchev–Trinajstić information content (AvgIpc) is 3.22. The first-order valence-electron chi connectivity index (χ1n) is 22.9. The van der Waals surface area contributed by atoms with Gasteiger partial charge in [-0.05, 0) is 103 Å². The van der Waals surface area contributed by atoms with E-state index in [9.17, 15) is 14.3 Å². The van der Waals surface area contributed by atoms with E-state index in [4.69, 9.17) is 18.5 Å². The zero-order valence-electron chi connectivity index (χ0n) is 38.8. The molecule has 0 aromatic carbocycles. The zero-order valence-corrected chi connectivity index (χ0v) is 39.7. The number of phosphoric ester groups is 1. The highest BCUT2D eigenvalue weighted by atomic mass is 31.2. The Morgan fingerprint density at radius 3 is 1.31 bits per heavy atom. The van der Waals surface area contributed by atoms with E-state index in [0.29, 0.717) is 24.1 Å². The van der Waals surface area contributed by atoms with Crippen LogP contribution in [-0.4, -0.2) is 70.7 Å². The largest absolute Gasteiger partial charge is 0.756 e. The number of allylic oxidation sites excluding steroid dienone is 22. The zero-order chi connectivity index (χ0) is 44.8. The summed E-state index contributed by atoms with van der Waals surface area (Å²) in [6, 6.07) is 0. The number of rotatable bonds is 40. The molecule has 8 nitrogen and oxygen atoms in total. The minimum atomic E-state index is -4.56. The minimum Gasteiger partial charge on any atom is -0.756 e. The van der Waals surface area contributed by atoms with Crippen LogP contribution in [0, 0.1) is 0 Å². The van der Waals surface area contributed by atoms with Crippen LogP contribution < -0.4 is 4.89 Å². The molecule has 0 radical (unpaired) electrons. The van der Waals surface area contributed by atoms with Crippen molar-refractivity contribution in [1.29, 1.82) is 0 Å². The van der Waals surface area contributed by atoms with Gasteiger partial charge in [-0.15, -0.1) is 0 Å². The highest BCUT2D eigenvalue weighted by Crippen LogP contribution is 2.38. The van der Waals surface area contributed by atoms with E-state index in [2.05, 4.69) is 148 Å². The topological polar surface area (TPSA) is 94.1 Å². The number of nitrogens with zero attached hydrogens (tertiary/aromatic N) is 1. The normalized spacial score (nSPS) is 14.9. The van der Waals surface area contributed by atoms with E-state index in [-0.39, 0.29) is 26.2 Å². The number of unbranched alkanes of at least 4 members (excludes halogenated alkanes) is 4. The Morgan fingerprint density at radius 2 is 0.902 bits per heavy atom. The number of hydrogen-bond acceptors (Lipinski definition) is 7. The summed E-state index contributed by atoms with van der Waals surface area (Å²) in [6.45, 7) is 4.92. The number of carbonyl (C=O) groups is 1. The van der Waals surface area contributed by atoms with Crippen molar-refractivity contribution in [3.8, 4) is 0 Å². The number of quaternary nitrogens is 1. The number of esters is 1. The summed E-state index contributed by atoms with van der Waals surface area (Å²) in [4.78, 5) is 25.1. The average molecular weight is 866 g/mol. The maximum absolute atomic E-state index is 12.7. The fourth-order valence-electron chi connectivity index (χ4n) is 5.23. The lowest BCUT2D eigenvalue weighted by Crippen LogP contribution is -2.37. The molecule has 344 valence electrons. The number of likely N-dealkylation sites (N-methyl/N-ethyl adjacent to an activating group) is 1. The van der Waals surface area contributed by atoms with Gasteiger partial charge in [-0.25, -0.2) is 0 Å². The van der Waals surface area contributed by atoms with Gasteiger partial charge in [0.2, 0.25) is 0 Å². The van der Waals surface area contributed by atoms with Gasteiger partial charge in [0.1, 0.15) is 19.3 Å². The van der Waals surface area contributed by atoms with Crippen molar-refractivity contribution in [2.24, 2.45) is 0 Å². The van der Waals surface area contributed by atoms with Crippen molar-refractivity contribution >= 4 is 13.8 Å². The maximum Gasteiger partial charge on any atom is 0.306 e. The summed E-state index contributed by atoms with van der Waals surface area (Å²) in [5.74, 6) is -0.392. The van der Waals surface area contributed by atoms with Crippen LogP contribution in [-0.2, 0) is 27.9 Å². The number of ether oxygens (including phenoxy) is 2. The minimum absolute atomic E-state index is 0.000544. The summed E-state index contributed by atoms with van der Waals surface area (Å²) >= 11 is 0. The van der Waals surface area contributed by atoms with E-state index >= 15 is 0 Å². The first-order chi connectivity index (χ1) is 29.6. The smallest absolute Gasteiger partial charge is 0.306 e. The summed E-state index contributed by atoms with van der Waals surface area (Å²) in [5.41, 5.74) is 0. The lowest BCUT2D eigenvalue weighted by Gasteiger charge is -2.28. The van der Waals surface area contributed by atoms with Crippen molar-refractivity contribution in [3.05, 3.63) is 134 Å². The summed E-state index contributed by atoms with van der Waals surface area (Å²) in [5, 5.41) is 0. The van der Waals surface area contributed by atoms with Crippen molar-refractivity contribution in [3.63, 3.8) is 0 Å². The quantitative estimate of drug-likeness (QED) is 0.0199. The van der Waals surface area contributed by atoms with Gasteiger partial charge in [0, 0.05) is 13.0 Å². The fraction of sp³-hybridized carbons (Fsp3) is 0.558. The molecule has 0 bridgehead atoms. The molecule has 2 atom stereocenters. The molecule has 0 rings (SSSR count). The second kappa shape index (κ2) is 43.3. The molecule has 0 heterocycles. The standard InChI is InChI=1S/C52H84NO7P/c1-6-8-10-12-14-16-18-20-22-24-26-28-30-32-34-36-38-40-42-44-47-57-49-51(50-59-61(55,56)58-48-46-53(3,4)5)60-52(54)45-43-41-39-37-35-33-31-29-27-25-23-21-19-17-15-13-11-9-7-2/h8-11,14-17,20-23,26-29,32-35,38,40,51H,6-7,12-13,18-19,24-25,30-31,36-37,39,41-50H2,1-5H3/b10-8-,11-9-,16-14-,17-15-,22-20-,23-21-,28-26-,29-27-,34-32-,35-33-,40-38-. The first kappa shape index (κ1) is 57.6. The van der Waals surface area contributed by atoms with Crippen molar-refractivity contribution < 1.29 is 37.3 Å². The Bertz CT molecular complexity index is 1420. The second-order valence-corrected chi connectivity index (χ2v) is 17.1. The molecule has 61 heavy (non-hydrogen) atoms. The third-order valence-electron chi connectivity index (χ3n) is 8.70. The van der Waals surface area contributed by atoms with Gasteiger partial charge in [0.25, 0.3) is 7.82 Å². The Kier molecular flexibility index (Phi) is 40.9. The molecular formula is C52H84NO7P. The molecule has 0 saturated carbocycles. The van der Waals surface area contributed by atoms with Crippen LogP contribution in [0.2, 0.25) is 0 Å². The van der Waals surface area contributed by atoms with Crippen LogP contribution in [0.3, 0.4) is 0 Å². The predicted molar refractivity (Wildman–Crippen MR) is 258 cm³/mol. The van der Waals surface area contributed by atoms with Gasteiger partial charge < -0.3 is 27.9 Å². The Morgan fingerprint density at radius 1 is 0.508 bits per heavy atom. The van der Waals surface area contributed by atoms with Crippen molar-refractivity contribution in [2.75, 3.05) is 54.1 Å². The predicted octanol–water partition coefficient (Wildman–Crippen LogP) is 13.3. The van der Waals surface area contributed by atoms with Crippen LogP contribution in [0.15, 0.2) is 134 Å². The number of hydrogen-bond donors (Lipinski definition) is 0. The fourth-order valence-corrected chi connectivity index (χ4v) is 5.96. The van der Waals surface area contributed by atoms with Crippen molar-refractivity contribution in [1.82, 2.24) is 0 Å². The monoisotopic (exact) mass is 866 g/mol. The molecule has 0 N–H and O–H groups in total. The molecular weight excluding hydrogens is 782 g/mol. The third kappa shape index (κ3) is 47.5. The highest BCUT2D eigenvalue weighted by Gasteiger charge is 2.20. The van der Waals surface area contributed by atoms with E-state index in [0.717, 1.165) is 103 Å². The molecule has 0 spiro atoms. The Hall–Kier alpha value is -3.36. The van der Waals surface area contributed by atoms with E-state index < -0.39 is 19.9 Å².